The molecule has 1 aromatic rings. The van der Waals surface area contributed by atoms with Crippen LogP contribution in [0.15, 0.2) is 24.3 Å². The molecule has 1 aliphatic carbocycles. The summed E-state index contributed by atoms with van der Waals surface area (Å²) in [6, 6.07) is 6.93. The molecule has 0 radical (unpaired) electrons. The standard InChI is InChI=1S/C15H20ClNO3/c1-10(20-13-5-3-4-12(16)8-13)14(19)17-15(2,9-18)11-6-7-11/h3-5,8,10-11,18H,6-7,9H2,1-2H3,(H,17,19). The van der Waals surface area contributed by atoms with Crippen molar-refractivity contribution in [3.63, 3.8) is 0 Å². The summed E-state index contributed by atoms with van der Waals surface area (Å²) >= 11 is 5.87. The van der Waals surface area contributed by atoms with Gasteiger partial charge in [-0.25, -0.2) is 0 Å². The van der Waals surface area contributed by atoms with Crippen LogP contribution in [-0.4, -0.2) is 29.3 Å². The van der Waals surface area contributed by atoms with Crippen molar-refractivity contribution in [2.45, 2.75) is 38.3 Å². The molecule has 2 N–H and O–H groups in total. The molecule has 1 aliphatic rings. The van der Waals surface area contributed by atoms with Crippen LogP contribution in [0.4, 0.5) is 0 Å². The second-order valence-electron chi connectivity index (χ2n) is 5.56. The van der Waals surface area contributed by atoms with E-state index >= 15 is 0 Å². The molecule has 1 fully saturated rings. The molecule has 4 nitrogen and oxygen atoms in total. The number of benzene rings is 1. The van der Waals surface area contributed by atoms with Gasteiger partial charge in [0.2, 0.25) is 0 Å². The lowest BCUT2D eigenvalue weighted by Gasteiger charge is -2.30. The van der Waals surface area contributed by atoms with Gasteiger partial charge < -0.3 is 15.2 Å². The summed E-state index contributed by atoms with van der Waals surface area (Å²) in [5.74, 6) is 0.681. The molecule has 0 saturated heterocycles. The predicted octanol–water partition coefficient (Wildman–Crippen LogP) is 2.38. The summed E-state index contributed by atoms with van der Waals surface area (Å²) in [4.78, 5) is 12.2. The summed E-state index contributed by atoms with van der Waals surface area (Å²) in [5.41, 5.74) is -0.553. The van der Waals surface area contributed by atoms with E-state index in [0.29, 0.717) is 16.7 Å². The summed E-state index contributed by atoms with van der Waals surface area (Å²) in [6.07, 6.45) is 1.44. The minimum atomic E-state index is -0.641. The van der Waals surface area contributed by atoms with Crippen LogP contribution in [0.3, 0.4) is 0 Å². The van der Waals surface area contributed by atoms with Crippen LogP contribution in [0, 0.1) is 5.92 Å². The zero-order valence-corrected chi connectivity index (χ0v) is 12.5. The molecule has 1 aromatic carbocycles. The monoisotopic (exact) mass is 297 g/mol. The molecule has 5 heteroatoms. The van der Waals surface area contributed by atoms with Crippen LogP contribution in [0.2, 0.25) is 5.02 Å². The maximum atomic E-state index is 12.2. The number of carbonyl (C=O) groups excluding carboxylic acids is 1. The SMILES string of the molecule is CC(Oc1cccc(Cl)c1)C(=O)NC(C)(CO)C1CC1. The molecule has 0 aliphatic heterocycles. The van der Waals surface area contributed by atoms with Crippen LogP contribution in [-0.2, 0) is 4.79 Å². The first-order chi connectivity index (χ1) is 9.44. The van der Waals surface area contributed by atoms with E-state index in [-0.39, 0.29) is 12.5 Å². The van der Waals surface area contributed by atoms with Crippen LogP contribution < -0.4 is 10.1 Å². The van der Waals surface area contributed by atoms with Gasteiger partial charge in [0.15, 0.2) is 6.10 Å². The fourth-order valence-corrected chi connectivity index (χ4v) is 2.35. The van der Waals surface area contributed by atoms with Gasteiger partial charge >= 0.3 is 0 Å². The molecule has 20 heavy (non-hydrogen) atoms. The maximum absolute atomic E-state index is 12.2. The highest BCUT2D eigenvalue weighted by molar-refractivity contribution is 6.30. The summed E-state index contributed by atoms with van der Waals surface area (Å²) < 4.78 is 5.57. The Morgan fingerprint density at radius 1 is 1.60 bits per heavy atom. The number of ether oxygens (including phenoxy) is 1. The van der Waals surface area contributed by atoms with E-state index in [2.05, 4.69) is 5.32 Å². The molecule has 1 saturated carbocycles. The van der Waals surface area contributed by atoms with E-state index in [1.54, 1.807) is 31.2 Å². The first-order valence-electron chi connectivity index (χ1n) is 6.80. The number of rotatable bonds is 6. The lowest BCUT2D eigenvalue weighted by atomic mass is 9.96. The third kappa shape index (κ3) is 3.64. The van der Waals surface area contributed by atoms with E-state index in [0.717, 1.165) is 12.8 Å². The largest absolute Gasteiger partial charge is 0.481 e. The minimum absolute atomic E-state index is 0.0622. The van der Waals surface area contributed by atoms with Crippen molar-refractivity contribution in [2.75, 3.05) is 6.61 Å². The lowest BCUT2D eigenvalue weighted by Crippen LogP contribution is -2.54. The van der Waals surface area contributed by atoms with Gasteiger partial charge in [0.25, 0.3) is 5.91 Å². The topological polar surface area (TPSA) is 58.6 Å². The first kappa shape index (κ1) is 15.1. The smallest absolute Gasteiger partial charge is 0.261 e. The highest BCUT2D eigenvalue weighted by Crippen LogP contribution is 2.39. The van der Waals surface area contributed by atoms with Crippen molar-refractivity contribution in [3.8, 4) is 5.75 Å². The van der Waals surface area contributed by atoms with Crippen LogP contribution in [0.25, 0.3) is 0 Å². The number of halogens is 1. The summed E-state index contributed by atoms with van der Waals surface area (Å²) in [5, 5.41) is 12.9. The number of nitrogens with one attached hydrogen (secondary N) is 1. The molecule has 0 spiro atoms. The van der Waals surface area contributed by atoms with Gasteiger partial charge in [-0.2, -0.15) is 0 Å². The highest BCUT2D eigenvalue weighted by Gasteiger charge is 2.42. The van der Waals surface area contributed by atoms with Gasteiger partial charge in [-0.15, -0.1) is 0 Å². The molecule has 1 amide bonds. The zero-order valence-electron chi connectivity index (χ0n) is 11.7. The number of hydrogen-bond acceptors (Lipinski definition) is 3. The quantitative estimate of drug-likeness (QED) is 0.847. The number of aliphatic hydroxyl groups is 1. The third-order valence-electron chi connectivity index (χ3n) is 3.69. The summed E-state index contributed by atoms with van der Waals surface area (Å²) in [7, 11) is 0. The van der Waals surface area contributed by atoms with Crippen LogP contribution >= 0.6 is 11.6 Å². The van der Waals surface area contributed by atoms with Crippen molar-refractivity contribution in [3.05, 3.63) is 29.3 Å². The van der Waals surface area contributed by atoms with E-state index < -0.39 is 11.6 Å². The third-order valence-corrected chi connectivity index (χ3v) is 3.93. The Kier molecular flexibility index (Phi) is 4.55. The van der Waals surface area contributed by atoms with E-state index in [1.807, 2.05) is 6.92 Å². The Labute approximate surface area is 124 Å². The molecular formula is C15H20ClNO3. The average molecular weight is 298 g/mol. The fourth-order valence-electron chi connectivity index (χ4n) is 2.17. The first-order valence-corrected chi connectivity index (χ1v) is 7.17. The number of carbonyl (C=O) groups is 1. The number of hydrogen-bond donors (Lipinski definition) is 2. The van der Waals surface area contributed by atoms with Crippen molar-refractivity contribution in [1.82, 2.24) is 5.32 Å². The fraction of sp³-hybridized carbons (Fsp3) is 0.533. The van der Waals surface area contributed by atoms with Crippen molar-refractivity contribution in [2.24, 2.45) is 5.92 Å². The lowest BCUT2D eigenvalue weighted by molar-refractivity contribution is -0.130. The van der Waals surface area contributed by atoms with Crippen molar-refractivity contribution in [1.29, 1.82) is 0 Å². The zero-order chi connectivity index (χ0) is 14.8. The molecule has 2 rings (SSSR count). The van der Waals surface area contributed by atoms with Crippen LogP contribution in [0.5, 0.6) is 5.75 Å². The molecule has 0 heterocycles. The normalized spacial score (nSPS) is 19.0. The Balaban J connectivity index is 1.95. The Morgan fingerprint density at radius 3 is 2.85 bits per heavy atom. The molecule has 2 unspecified atom stereocenters. The molecule has 0 aromatic heterocycles. The summed E-state index contributed by atoms with van der Waals surface area (Å²) in [6.45, 7) is 3.49. The van der Waals surface area contributed by atoms with Crippen LogP contribution in [0.1, 0.15) is 26.7 Å². The number of amides is 1. The van der Waals surface area contributed by atoms with E-state index in [9.17, 15) is 9.90 Å². The molecule has 0 bridgehead atoms. The van der Waals surface area contributed by atoms with Crippen molar-refractivity contribution >= 4 is 17.5 Å². The van der Waals surface area contributed by atoms with Gasteiger partial charge in [-0.3, -0.25) is 4.79 Å². The second kappa shape index (κ2) is 6.02. The number of aliphatic hydroxyl groups excluding tert-OH is 1. The van der Waals surface area contributed by atoms with Crippen molar-refractivity contribution < 1.29 is 14.6 Å². The highest BCUT2D eigenvalue weighted by atomic mass is 35.5. The Hall–Kier alpha value is -1.26. The molecular weight excluding hydrogens is 278 g/mol. The minimum Gasteiger partial charge on any atom is -0.481 e. The van der Waals surface area contributed by atoms with E-state index in [4.69, 9.17) is 16.3 Å². The molecule has 2 atom stereocenters. The Bertz CT molecular complexity index is 490. The van der Waals surface area contributed by atoms with Gasteiger partial charge in [-0.05, 0) is 50.8 Å². The van der Waals surface area contributed by atoms with Gasteiger partial charge in [-0.1, -0.05) is 17.7 Å². The van der Waals surface area contributed by atoms with Gasteiger partial charge in [0.05, 0.1) is 12.1 Å². The predicted molar refractivity (Wildman–Crippen MR) is 77.9 cm³/mol. The second-order valence-corrected chi connectivity index (χ2v) is 5.99. The average Bonchev–Trinajstić information content (AvgIpc) is 3.23. The van der Waals surface area contributed by atoms with Gasteiger partial charge in [0, 0.05) is 5.02 Å². The van der Waals surface area contributed by atoms with E-state index in [1.165, 1.54) is 0 Å². The van der Waals surface area contributed by atoms with Gasteiger partial charge in [0.1, 0.15) is 5.75 Å². The maximum Gasteiger partial charge on any atom is 0.261 e. The molecule has 110 valence electrons. The Morgan fingerprint density at radius 2 is 2.30 bits per heavy atom.